The molecule has 3 N–H and O–H groups in total. The van der Waals surface area contributed by atoms with Crippen LogP contribution in [0.15, 0.2) is 18.2 Å². The lowest BCUT2D eigenvalue weighted by Gasteiger charge is -2.13. The molecule has 1 atom stereocenters. The zero-order valence-electron chi connectivity index (χ0n) is 8.74. The van der Waals surface area contributed by atoms with Crippen LogP contribution in [0.5, 0.6) is 5.75 Å². The van der Waals surface area contributed by atoms with Crippen LogP contribution in [-0.2, 0) is 0 Å². The molecule has 0 spiro atoms. The molecule has 0 amide bonds. The number of nitrogens with two attached hydrogens (primary N) is 1. The molecule has 0 aliphatic heterocycles. The molecular weight excluding hydrogens is 214 g/mol. The Morgan fingerprint density at radius 3 is 2.73 bits per heavy atom. The van der Waals surface area contributed by atoms with Gasteiger partial charge < -0.3 is 15.6 Å². The second kappa shape index (κ2) is 5.95. The first-order valence-electron chi connectivity index (χ1n) is 4.96. The van der Waals surface area contributed by atoms with Crippen LogP contribution in [0.1, 0.15) is 18.4 Å². The van der Waals surface area contributed by atoms with Gasteiger partial charge in [-0.15, -0.1) is 0 Å². The molecule has 1 rings (SSSR count). The van der Waals surface area contributed by atoms with Crippen molar-refractivity contribution in [3.05, 3.63) is 28.8 Å². The predicted octanol–water partition coefficient (Wildman–Crippen LogP) is 1.77. The van der Waals surface area contributed by atoms with E-state index in [0.29, 0.717) is 23.9 Å². The van der Waals surface area contributed by atoms with Gasteiger partial charge in [0.2, 0.25) is 0 Å². The molecular formula is C11H16ClNO2. The Labute approximate surface area is 94.8 Å². The maximum Gasteiger partial charge on any atom is 0.137 e. The van der Waals surface area contributed by atoms with Gasteiger partial charge in [-0.25, -0.2) is 0 Å². The van der Waals surface area contributed by atoms with E-state index in [-0.39, 0.29) is 12.5 Å². The fourth-order valence-corrected chi connectivity index (χ4v) is 1.60. The molecule has 0 heterocycles. The highest BCUT2D eigenvalue weighted by Crippen LogP contribution is 2.28. The number of rotatable bonds is 5. The van der Waals surface area contributed by atoms with Crippen molar-refractivity contribution < 1.29 is 9.84 Å². The van der Waals surface area contributed by atoms with Crippen molar-refractivity contribution in [1.29, 1.82) is 0 Å². The highest BCUT2D eigenvalue weighted by Gasteiger charge is 2.10. The fourth-order valence-electron chi connectivity index (χ4n) is 1.36. The van der Waals surface area contributed by atoms with E-state index >= 15 is 0 Å². The minimum atomic E-state index is -0.0572. The van der Waals surface area contributed by atoms with Crippen LogP contribution in [-0.4, -0.2) is 24.9 Å². The van der Waals surface area contributed by atoms with Crippen LogP contribution < -0.4 is 10.5 Å². The molecule has 0 fully saturated rings. The quantitative estimate of drug-likeness (QED) is 0.809. The lowest BCUT2D eigenvalue weighted by atomic mass is 10.0. The van der Waals surface area contributed by atoms with Crippen molar-refractivity contribution >= 4 is 11.6 Å². The van der Waals surface area contributed by atoms with Gasteiger partial charge in [-0.2, -0.15) is 0 Å². The Balaban J connectivity index is 2.89. The Bertz CT molecular complexity index is 313. The lowest BCUT2D eigenvalue weighted by Crippen LogP contribution is -2.15. The Kier molecular flexibility index (Phi) is 4.88. The summed E-state index contributed by atoms with van der Waals surface area (Å²) >= 11 is 6.02. The summed E-state index contributed by atoms with van der Waals surface area (Å²) in [5.74, 6) is 0.606. The largest absolute Gasteiger partial charge is 0.492 e. The Morgan fingerprint density at radius 1 is 1.53 bits per heavy atom. The van der Waals surface area contributed by atoms with Gasteiger partial charge in [-0.05, 0) is 24.6 Å². The third-order valence-electron chi connectivity index (χ3n) is 2.23. The summed E-state index contributed by atoms with van der Waals surface area (Å²) in [6.45, 7) is 2.92. The molecule has 0 aliphatic rings. The number of hydrogen-bond donors (Lipinski definition) is 2. The van der Waals surface area contributed by atoms with E-state index in [1.54, 1.807) is 12.1 Å². The summed E-state index contributed by atoms with van der Waals surface area (Å²) < 4.78 is 5.31. The van der Waals surface area contributed by atoms with Crippen molar-refractivity contribution in [3.63, 3.8) is 0 Å². The van der Waals surface area contributed by atoms with Crippen molar-refractivity contribution in [2.45, 2.75) is 12.8 Å². The van der Waals surface area contributed by atoms with Gasteiger partial charge in [0.15, 0.2) is 0 Å². The summed E-state index contributed by atoms with van der Waals surface area (Å²) in [4.78, 5) is 0. The van der Waals surface area contributed by atoms with Crippen molar-refractivity contribution in [2.24, 2.45) is 5.73 Å². The molecule has 0 aromatic heterocycles. The number of benzene rings is 1. The van der Waals surface area contributed by atoms with Crippen LogP contribution in [0.25, 0.3) is 0 Å². The number of aliphatic hydroxyl groups is 1. The van der Waals surface area contributed by atoms with Gasteiger partial charge in [0, 0.05) is 12.5 Å². The molecule has 4 heteroatoms. The van der Waals surface area contributed by atoms with Crippen LogP contribution in [0, 0.1) is 0 Å². The summed E-state index contributed by atoms with van der Waals surface area (Å²) in [6, 6.07) is 5.48. The predicted molar refractivity (Wildman–Crippen MR) is 61.5 cm³/mol. The van der Waals surface area contributed by atoms with Crippen molar-refractivity contribution in [1.82, 2.24) is 0 Å². The van der Waals surface area contributed by atoms with Crippen LogP contribution >= 0.6 is 11.6 Å². The first-order chi connectivity index (χ1) is 7.22. The van der Waals surface area contributed by atoms with E-state index in [1.807, 2.05) is 13.0 Å². The van der Waals surface area contributed by atoms with E-state index in [2.05, 4.69) is 0 Å². The monoisotopic (exact) mass is 229 g/mol. The first-order valence-corrected chi connectivity index (χ1v) is 5.33. The van der Waals surface area contributed by atoms with Gasteiger partial charge >= 0.3 is 0 Å². The standard InChI is InChI=1S/C11H16ClNO2/c1-2-15-11-4-3-8(5-10(11)12)9(6-13)7-14/h3-5,9,14H,2,6-7,13H2,1H3. The average molecular weight is 230 g/mol. The second-order valence-corrected chi connectivity index (χ2v) is 3.65. The van der Waals surface area contributed by atoms with Crippen LogP contribution in [0.2, 0.25) is 5.02 Å². The van der Waals surface area contributed by atoms with E-state index in [4.69, 9.17) is 27.2 Å². The molecule has 1 aromatic rings. The lowest BCUT2D eigenvalue weighted by molar-refractivity contribution is 0.267. The fraction of sp³-hybridized carbons (Fsp3) is 0.455. The van der Waals surface area contributed by atoms with Crippen LogP contribution in [0.4, 0.5) is 0 Å². The zero-order valence-corrected chi connectivity index (χ0v) is 9.50. The molecule has 84 valence electrons. The van der Waals surface area contributed by atoms with Gasteiger partial charge in [0.05, 0.1) is 18.2 Å². The summed E-state index contributed by atoms with van der Waals surface area (Å²) in [6.07, 6.45) is 0. The van der Waals surface area contributed by atoms with Crippen molar-refractivity contribution in [3.8, 4) is 5.75 Å². The third kappa shape index (κ3) is 3.09. The molecule has 1 aromatic carbocycles. The van der Waals surface area contributed by atoms with Crippen molar-refractivity contribution in [2.75, 3.05) is 19.8 Å². The smallest absolute Gasteiger partial charge is 0.137 e. The zero-order chi connectivity index (χ0) is 11.3. The van der Waals surface area contributed by atoms with E-state index in [0.717, 1.165) is 5.56 Å². The van der Waals surface area contributed by atoms with Crippen LogP contribution in [0.3, 0.4) is 0 Å². The number of halogens is 1. The van der Waals surface area contributed by atoms with Gasteiger partial charge in [0.25, 0.3) is 0 Å². The molecule has 15 heavy (non-hydrogen) atoms. The summed E-state index contributed by atoms with van der Waals surface area (Å²) in [7, 11) is 0. The highest BCUT2D eigenvalue weighted by atomic mass is 35.5. The SMILES string of the molecule is CCOc1ccc(C(CN)CO)cc1Cl. The third-order valence-corrected chi connectivity index (χ3v) is 2.53. The van der Waals surface area contributed by atoms with E-state index < -0.39 is 0 Å². The van der Waals surface area contributed by atoms with E-state index in [9.17, 15) is 0 Å². The first kappa shape index (κ1) is 12.3. The summed E-state index contributed by atoms with van der Waals surface area (Å²) in [5.41, 5.74) is 6.47. The topological polar surface area (TPSA) is 55.5 Å². The van der Waals surface area contributed by atoms with Gasteiger partial charge in [-0.1, -0.05) is 17.7 Å². The van der Waals surface area contributed by atoms with Gasteiger partial charge in [0.1, 0.15) is 5.75 Å². The molecule has 0 bridgehead atoms. The molecule has 0 aliphatic carbocycles. The second-order valence-electron chi connectivity index (χ2n) is 3.24. The normalized spacial score (nSPS) is 12.5. The maximum atomic E-state index is 9.09. The molecule has 0 saturated carbocycles. The highest BCUT2D eigenvalue weighted by molar-refractivity contribution is 6.32. The molecule has 0 radical (unpaired) electrons. The van der Waals surface area contributed by atoms with Gasteiger partial charge in [-0.3, -0.25) is 0 Å². The van der Waals surface area contributed by atoms with E-state index in [1.165, 1.54) is 0 Å². The molecule has 3 nitrogen and oxygen atoms in total. The number of ether oxygens (including phenoxy) is 1. The minimum absolute atomic E-state index is 0.0286. The number of hydrogen-bond acceptors (Lipinski definition) is 3. The Hall–Kier alpha value is -0.770. The minimum Gasteiger partial charge on any atom is -0.492 e. The summed E-state index contributed by atoms with van der Waals surface area (Å²) in [5, 5.41) is 9.65. The maximum absolute atomic E-state index is 9.09. The molecule has 1 unspecified atom stereocenters. The molecule has 0 saturated heterocycles. The Morgan fingerprint density at radius 2 is 2.27 bits per heavy atom. The number of aliphatic hydroxyl groups excluding tert-OH is 1. The average Bonchev–Trinajstić information content (AvgIpc) is 2.24.